The fourth-order valence-corrected chi connectivity index (χ4v) is 3.12. The molecule has 0 spiro atoms. The molecule has 0 heterocycles. The second-order valence-corrected chi connectivity index (χ2v) is 7.07. The summed E-state index contributed by atoms with van der Waals surface area (Å²) in [6.07, 6.45) is 9.26. The second-order valence-electron chi connectivity index (χ2n) is 5.06. The molecule has 2 nitrogen and oxygen atoms in total. The molecule has 0 bridgehead atoms. The van der Waals surface area contributed by atoms with Gasteiger partial charge in [-0.05, 0) is 37.0 Å². The van der Waals surface area contributed by atoms with Gasteiger partial charge in [0.15, 0.2) is 9.84 Å². The first kappa shape index (κ1) is 16.4. The van der Waals surface area contributed by atoms with Crippen LogP contribution >= 0.6 is 0 Å². The summed E-state index contributed by atoms with van der Waals surface area (Å²) in [4.78, 5) is 0.339. The molecule has 1 aromatic carbocycles. The van der Waals surface area contributed by atoms with Crippen LogP contribution in [-0.4, -0.2) is 14.7 Å². The molecule has 20 heavy (non-hydrogen) atoms. The zero-order chi connectivity index (χ0) is 15.2. The highest BCUT2D eigenvalue weighted by molar-refractivity contribution is 7.90. The number of rotatable bonds is 8. The van der Waals surface area contributed by atoms with Crippen molar-refractivity contribution in [3.63, 3.8) is 0 Å². The summed E-state index contributed by atoms with van der Waals surface area (Å²) in [5.74, 6) is 0. The van der Waals surface area contributed by atoms with Crippen molar-refractivity contribution >= 4 is 9.84 Å². The van der Waals surface area contributed by atoms with E-state index in [-0.39, 0.29) is 5.41 Å². The quantitative estimate of drug-likeness (QED) is 0.677. The first-order valence-corrected chi connectivity index (χ1v) is 8.42. The van der Waals surface area contributed by atoms with Gasteiger partial charge in [-0.2, -0.15) is 0 Å². The Morgan fingerprint density at radius 2 is 1.35 bits per heavy atom. The van der Waals surface area contributed by atoms with Gasteiger partial charge in [0.05, 0.1) is 4.90 Å². The Morgan fingerprint density at radius 1 is 0.950 bits per heavy atom. The fraction of sp³-hybridized carbons (Fsp3) is 0.294. The number of sulfone groups is 1. The third-order valence-corrected chi connectivity index (χ3v) is 4.63. The molecular weight excluding hydrogens is 268 g/mol. The Kier molecular flexibility index (Phi) is 5.52. The van der Waals surface area contributed by atoms with E-state index in [1.807, 2.05) is 30.4 Å². The highest BCUT2D eigenvalue weighted by atomic mass is 32.2. The van der Waals surface area contributed by atoms with E-state index in [0.29, 0.717) is 4.90 Å². The molecular formula is C17H22O2S. The summed E-state index contributed by atoms with van der Waals surface area (Å²) >= 11 is 0. The van der Waals surface area contributed by atoms with Gasteiger partial charge in [-0.1, -0.05) is 30.4 Å². The van der Waals surface area contributed by atoms with E-state index < -0.39 is 9.84 Å². The van der Waals surface area contributed by atoms with Gasteiger partial charge in [-0.3, -0.25) is 0 Å². The standard InChI is InChI=1S/C17H22O2S/c1-5-12-17(13-6-2,14-7-3)15-8-10-16(11-9-15)20(4,18)19/h5-11H,1-3,12-14H2,4H3. The van der Waals surface area contributed by atoms with Crippen molar-refractivity contribution in [3.05, 3.63) is 67.8 Å². The van der Waals surface area contributed by atoms with Gasteiger partial charge in [0.25, 0.3) is 0 Å². The average Bonchev–Trinajstić information content (AvgIpc) is 2.38. The van der Waals surface area contributed by atoms with E-state index in [2.05, 4.69) is 19.7 Å². The molecule has 1 aromatic rings. The Bertz CT molecular complexity index is 553. The topological polar surface area (TPSA) is 34.1 Å². The third kappa shape index (κ3) is 3.70. The first-order chi connectivity index (χ1) is 9.39. The molecule has 1 rings (SSSR count). The monoisotopic (exact) mass is 290 g/mol. The van der Waals surface area contributed by atoms with Gasteiger partial charge in [-0.15, -0.1) is 19.7 Å². The summed E-state index contributed by atoms with van der Waals surface area (Å²) in [7, 11) is -3.16. The van der Waals surface area contributed by atoms with Crippen LogP contribution < -0.4 is 0 Å². The van der Waals surface area contributed by atoms with Crippen molar-refractivity contribution in [2.75, 3.05) is 6.26 Å². The van der Waals surface area contributed by atoms with E-state index >= 15 is 0 Å². The van der Waals surface area contributed by atoms with Crippen LogP contribution in [0.3, 0.4) is 0 Å². The minimum Gasteiger partial charge on any atom is -0.224 e. The zero-order valence-corrected chi connectivity index (χ0v) is 12.8. The number of benzene rings is 1. The Morgan fingerprint density at radius 3 is 1.65 bits per heavy atom. The van der Waals surface area contributed by atoms with Gasteiger partial charge >= 0.3 is 0 Å². The Labute approximate surface area is 122 Å². The van der Waals surface area contributed by atoms with Crippen molar-refractivity contribution in [1.29, 1.82) is 0 Å². The summed E-state index contributed by atoms with van der Waals surface area (Å²) in [5, 5.41) is 0. The largest absolute Gasteiger partial charge is 0.224 e. The molecule has 0 radical (unpaired) electrons. The molecule has 0 saturated heterocycles. The van der Waals surface area contributed by atoms with E-state index in [1.165, 1.54) is 6.26 Å². The molecule has 0 aliphatic rings. The van der Waals surface area contributed by atoms with E-state index in [4.69, 9.17) is 0 Å². The van der Waals surface area contributed by atoms with Gasteiger partial charge in [-0.25, -0.2) is 8.42 Å². The van der Waals surface area contributed by atoms with E-state index in [1.54, 1.807) is 12.1 Å². The molecule has 0 aliphatic carbocycles. The summed E-state index contributed by atoms with van der Waals surface area (Å²) in [5.41, 5.74) is 0.950. The molecule has 108 valence electrons. The van der Waals surface area contributed by atoms with Crippen LogP contribution in [0.1, 0.15) is 24.8 Å². The maximum Gasteiger partial charge on any atom is 0.175 e. The molecule has 0 aromatic heterocycles. The average molecular weight is 290 g/mol. The third-order valence-electron chi connectivity index (χ3n) is 3.50. The van der Waals surface area contributed by atoms with Gasteiger partial charge in [0.2, 0.25) is 0 Å². The summed E-state index contributed by atoms with van der Waals surface area (Å²) < 4.78 is 23.0. The minimum atomic E-state index is -3.16. The van der Waals surface area contributed by atoms with Gasteiger partial charge < -0.3 is 0 Å². The van der Waals surface area contributed by atoms with Crippen LogP contribution in [0.2, 0.25) is 0 Å². The van der Waals surface area contributed by atoms with E-state index in [9.17, 15) is 8.42 Å². The molecule has 0 atom stereocenters. The minimum absolute atomic E-state index is 0.138. The second kappa shape index (κ2) is 6.71. The van der Waals surface area contributed by atoms with Crippen LogP contribution in [-0.2, 0) is 15.3 Å². The van der Waals surface area contributed by atoms with Crippen LogP contribution in [0.5, 0.6) is 0 Å². The molecule has 0 amide bonds. The van der Waals surface area contributed by atoms with Crippen molar-refractivity contribution in [2.24, 2.45) is 0 Å². The number of hydrogen-bond acceptors (Lipinski definition) is 2. The highest BCUT2D eigenvalue weighted by Gasteiger charge is 2.28. The van der Waals surface area contributed by atoms with Crippen LogP contribution in [0.15, 0.2) is 67.1 Å². The smallest absolute Gasteiger partial charge is 0.175 e. The first-order valence-electron chi connectivity index (χ1n) is 6.53. The molecule has 0 N–H and O–H groups in total. The molecule has 0 saturated carbocycles. The molecule has 0 fully saturated rings. The predicted octanol–water partition coefficient (Wildman–Crippen LogP) is 4.06. The zero-order valence-electron chi connectivity index (χ0n) is 12.0. The maximum atomic E-state index is 11.5. The SMILES string of the molecule is C=CCC(CC=C)(CC=C)c1ccc(S(C)(=O)=O)cc1. The maximum absolute atomic E-state index is 11.5. The summed E-state index contributed by atoms with van der Waals surface area (Å²) in [6.45, 7) is 11.5. The van der Waals surface area contributed by atoms with Crippen LogP contribution in [0.4, 0.5) is 0 Å². The van der Waals surface area contributed by atoms with Crippen LogP contribution in [0, 0.1) is 0 Å². The number of hydrogen-bond donors (Lipinski definition) is 0. The van der Waals surface area contributed by atoms with Gasteiger partial charge in [0.1, 0.15) is 0 Å². The van der Waals surface area contributed by atoms with Crippen molar-refractivity contribution < 1.29 is 8.42 Å². The normalized spacial score (nSPS) is 11.8. The van der Waals surface area contributed by atoms with Crippen LogP contribution in [0.25, 0.3) is 0 Å². The lowest BCUT2D eigenvalue weighted by atomic mass is 9.72. The van der Waals surface area contributed by atoms with Crippen molar-refractivity contribution in [1.82, 2.24) is 0 Å². The lowest BCUT2D eigenvalue weighted by Crippen LogP contribution is -2.24. The predicted molar refractivity (Wildman–Crippen MR) is 85.7 cm³/mol. The van der Waals surface area contributed by atoms with Crippen molar-refractivity contribution in [2.45, 2.75) is 29.6 Å². The fourth-order valence-electron chi connectivity index (χ4n) is 2.49. The lowest BCUT2D eigenvalue weighted by Gasteiger charge is -2.32. The van der Waals surface area contributed by atoms with E-state index in [0.717, 1.165) is 24.8 Å². The highest BCUT2D eigenvalue weighted by Crippen LogP contribution is 2.37. The summed E-state index contributed by atoms with van der Waals surface area (Å²) in [6, 6.07) is 7.09. The van der Waals surface area contributed by atoms with Gasteiger partial charge in [0, 0.05) is 11.7 Å². The number of allylic oxidation sites excluding steroid dienone is 3. The Hall–Kier alpha value is -1.61. The molecule has 0 aliphatic heterocycles. The lowest BCUT2D eigenvalue weighted by molar-refractivity contribution is 0.441. The Balaban J connectivity index is 3.29. The molecule has 3 heteroatoms. The molecule has 0 unspecified atom stereocenters. The van der Waals surface area contributed by atoms with Crippen molar-refractivity contribution in [3.8, 4) is 0 Å².